The van der Waals surface area contributed by atoms with Crippen molar-refractivity contribution in [3.63, 3.8) is 0 Å². The molecule has 1 saturated carbocycles. The SMILES string of the molecule is CC(=O)c1cccc(NC(=O)C2CCCN(c3ccc(C4CC4)nn3)C2)c1. The zero-order valence-electron chi connectivity index (χ0n) is 15.5. The number of anilines is 2. The molecule has 1 aromatic carbocycles. The third kappa shape index (κ3) is 4.15. The summed E-state index contributed by atoms with van der Waals surface area (Å²) in [6, 6.07) is 11.2. The van der Waals surface area contributed by atoms with Gasteiger partial charge >= 0.3 is 0 Å². The van der Waals surface area contributed by atoms with Gasteiger partial charge in [-0.2, -0.15) is 5.10 Å². The second-order valence-corrected chi connectivity index (χ2v) is 7.50. The summed E-state index contributed by atoms with van der Waals surface area (Å²) in [5.41, 5.74) is 2.35. The molecule has 1 aliphatic carbocycles. The summed E-state index contributed by atoms with van der Waals surface area (Å²) in [5.74, 6) is 1.31. The van der Waals surface area contributed by atoms with E-state index in [1.807, 2.05) is 12.1 Å². The molecule has 2 aliphatic rings. The van der Waals surface area contributed by atoms with Gasteiger partial charge in [0.25, 0.3) is 0 Å². The predicted octanol–water partition coefficient (Wildman–Crippen LogP) is 3.41. The first-order chi connectivity index (χ1) is 13.1. The van der Waals surface area contributed by atoms with E-state index in [4.69, 9.17) is 0 Å². The Morgan fingerprint density at radius 1 is 1.11 bits per heavy atom. The number of piperidine rings is 1. The molecule has 1 unspecified atom stereocenters. The number of carbonyl (C=O) groups excluding carboxylic acids is 2. The number of benzene rings is 1. The average Bonchev–Trinajstić information content (AvgIpc) is 3.54. The van der Waals surface area contributed by atoms with Gasteiger partial charge in [-0.25, -0.2) is 0 Å². The lowest BCUT2D eigenvalue weighted by molar-refractivity contribution is -0.120. The van der Waals surface area contributed by atoms with Crippen LogP contribution in [-0.2, 0) is 4.79 Å². The minimum absolute atomic E-state index is 0.0110. The first-order valence-corrected chi connectivity index (χ1v) is 9.60. The Labute approximate surface area is 159 Å². The van der Waals surface area contributed by atoms with Crippen molar-refractivity contribution in [2.24, 2.45) is 5.92 Å². The maximum Gasteiger partial charge on any atom is 0.229 e. The molecule has 6 nitrogen and oxygen atoms in total. The van der Waals surface area contributed by atoms with Crippen LogP contribution in [0.25, 0.3) is 0 Å². The molecule has 1 aliphatic heterocycles. The van der Waals surface area contributed by atoms with E-state index in [1.165, 1.54) is 19.8 Å². The fraction of sp³-hybridized carbons (Fsp3) is 0.429. The molecule has 1 atom stereocenters. The zero-order valence-corrected chi connectivity index (χ0v) is 15.5. The van der Waals surface area contributed by atoms with Gasteiger partial charge in [-0.05, 0) is 56.9 Å². The number of rotatable bonds is 5. The maximum absolute atomic E-state index is 12.7. The number of nitrogens with zero attached hydrogens (tertiary/aromatic N) is 3. The standard InChI is InChI=1S/C21H24N4O2/c1-14(26)16-4-2-6-18(12-16)22-21(27)17-5-3-11-25(13-17)20-10-9-19(23-24-20)15-7-8-15/h2,4,6,9-10,12,15,17H,3,5,7-8,11,13H2,1H3,(H,22,27). The van der Waals surface area contributed by atoms with Crippen molar-refractivity contribution in [3.8, 4) is 0 Å². The molecule has 2 aromatic rings. The van der Waals surface area contributed by atoms with Crippen LogP contribution in [0.15, 0.2) is 36.4 Å². The highest BCUT2D eigenvalue weighted by Crippen LogP contribution is 2.38. The van der Waals surface area contributed by atoms with E-state index >= 15 is 0 Å². The smallest absolute Gasteiger partial charge is 0.229 e. The molecule has 2 heterocycles. The Morgan fingerprint density at radius 3 is 2.67 bits per heavy atom. The topological polar surface area (TPSA) is 75.2 Å². The van der Waals surface area contributed by atoms with Crippen LogP contribution in [0.4, 0.5) is 11.5 Å². The Morgan fingerprint density at radius 2 is 1.96 bits per heavy atom. The van der Waals surface area contributed by atoms with Crippen LogP contribution < -0.4 is 10.2 Å². The number of Topliss-reactive ketones (excluding diaryl/α,β-unsaturated/α-hetero) is 1. The summed E-state index contributed by atoms with van der Waals surface area (Å²) >= 11 is 0. The van der Waals surface area contributed by atoms with Crippen LogP contribution in [-0.4, -0.2) is 35.0 Å². The summed E-state index contributed by atoms with van der Waals surface area (Å²) in [7, 11) is 0. The minimum atomic E-state index is -0.107. The van der Waals surface area contributed by atoms with Gasteiger partial charge in [0.2, 0.25) is 5.91 Å². The van der Waals surface area contributed by atoms with Gasteiger partial charge in [-0.1, -0.05) is 12.1 Å². The van der Waals surface area contributed by atoms with E-state index in [1.54, 1.807) is 18.2 Å². The Bertz CT molecular complexity index is 846. The molecule has 0 bridgehead atoms. The van der Waals surface area contributed by atoms with Gasteiger partial charge in [-0.3, -0.25) is 9.59 Å². The number of hydrogen-bond donors (Lipinski definition) is 1. The van der Waals surface area contributed by atoms with Crippen LogP contribution in [0.5, 0.6) is 0 Å². The van der Waals surface area contributed by atoms with Gasteiger partial charge in [0.05, 0.1) is 11.6 Å². The van der Waals surface area contributed by atoms with E-state index in [9.17, 15) is 9.59 Å². The number of hydrogen-bond acceptors (Lipinski definition) is 5. The normalized spacial score (nSPS) is 19.6. The fourth-order valence-corrected chi connectivity index (χ4v) is 3.56. The van der Waals surface area contributed by atoms with Crippen LogP contribution in [0, 0.1) is 5.92 Å². The molecule has 1 aromatic heterocycles. The van der Waals surface area contributed by atoms with Gasteiger partial charge in [0.1, 0.15) is 0 Å². The largest absolute Gasteiger partial charge is 0.354 e. The van der Waals surface area contributed by atoms with Crippen LogP contribution in [0.1, 0.15) is 54.6 Å². The second kappa shape index (κ2) is 7.47. The first kappa shape index (κ1) is 17.6. The maximum atomic E-state index is 12.7. The number of nitrogens with one attached hydrogen (secondary N) is 1. The predicted molar refractivity (Wildman–Crippen MR) is 104 cm³/mol. The summed E-state index contributed by atoms with van der Waals surface area (Å²) in [5, 5.41) is 11.7. The second-order valence-electron chi connectivity index (χ2n) is 7.50. The van der Waals surface area contributed by atoms with Crippen molar-refractivity contribution in [2.45, 2.75) is 38.5 Å². The van der Waals surface area contributed by atoms with Crippen molar-refractivity contribution in [1.29, 1.82) is 0 Å². The molecule has 0 radical (unpaired) electrons. The lowest BCUT2D eigenvalue weighted by Gasteiger charge is -2.32. The summed E-state index contributed by atoms with van der Waals surface area (Å²) in [6.45, 7) is 3.05. The van der Waals surface area contributed by atoms with Crippen molar-refractivity contribution >= 4 is 23.2 Å². The number of ketones is 1. The van der Waals surface area contributed by atoms with Gasteiger partial charge in [0.15, 0.2) is 11.6 Å². The number of amides is 1. The Balaban J connectivity index is 1.40. The lowest BCUT2D eigenvalue weighted by Crippen LogP contribution is -2.41. The van der Waals surface area contributed by atoms with Crippen LogP contribution >= 0.6 is 0 Å². The molecule has 4 rings (SSSR count). The van der Waals surface area contributed by atoms with E-state index in [0.29, 0.717) is 23.7 Å². The highest BCUT2D eigenvalue weighted by molar-refractivity contribution is 5.97. The molecule has 27 heavy (non-hydrogen) atoms. The van der Waals surface area contributed by atoms with Crippen molar-refractivity contribution in [1.82, 2.24) is 10.2 Å². The average molecular weight is 364 g/mol. The van der Waals surface area contributed by atoms with Gasteiger partial charge in [0, 0.05) is 30.3 Å². The first-order valence-electron chi connectivity index (χ1n) is 9.60. The Kier molecular flexibility index (Phi) is 4.88. The highest BCUT2D eigenvalue weighted by Gasteiger charge is 2.28. The molecule has 140 valence electrons. The number of carbonyl (C=O) groups is 2. The van der Waals surface area contributed by atoms with Gasteiger partial charge < -0.3 is 10.2 Å². The quantitative estimate of drug-likeness (QED) is 0.823. The Hall–Kier alpha value is -2.76. The summed E-state index contributed by atoms with van der Waals surface area (Å²) < 4.78 is 0. The molecule has 1 amide bonds. The van der Waals surface area contributed by atoms with Crippen LogP contribution in [0.2, 0.25) is 0 Å². The van der Waals surface area contributed by atoms with Crippen molar-refractivity contribution < 1.29 is 9.59 Å². The van der Waals surface area contributed by atoms with Crippen LogP contribution in [0.3, 0.4) is 0 Å². The molecule has 0 spiro atoms. The highest BCUT2D eigenvalue weighted by atomic mass is 16.2. The molecule has 1 N–H and O–H groups in total. The van der Waals surface area contributed by atoms with E-state index in [0.717, 1.165) is 30.9 Å². The molecule has 1 saturated heterocycles. The molecule has 6 heteroatoms. The van der Waals surface area contributed by atoms with Crippen molar-refractivity contribution in [3.05, 3.63) is 47.7 Å². The molecule has 2 fully saturated rings. The summed E-state index contributed by atoms with van der Waals surface area (Å²) in [6.07, 6.45) is 4.22. The third-order valence-corrected chi connectivity index (χ3v) is 5.32. The number of aromatic nitrogens is 2. The van der Waals surface area contributed by atoms with Crippen molar-refractivity contribution in [2.75, 3.05) is 23.3 Å². The third-order valence-electron chi connectivity index (χ3n) is 5.32. The zero-order chi connectivity index (χ0) is 18.8. The minimum Gasteiger partial charge on any atom is -0.354 e. The van der Waals surface area contributed by atoms with Gasteiger partial charge in [-0.15, -0.1) is 5.10 Å². The summed E-state index contributed by atoms with van der Waals surface area (Å²) in [4.78, 5) is 26.4. The fourth-order valence-electron chi connectivity index (χ4n) is 3.56. The van der Waals surface area contributed by atoms with E-state index in [2.05, 4.69) is 26.5 Å². The van der Waals surface area contributed by atoms with E-state index < -0.39 is 0 Å². The molecular formula is C21H24N4O2. The molecular weight excluding hydrogens is 340 g/mol. The van der Waals surface area contributed by atoms with E-state index in [-0.39, 0.29) is 17.6 Å². The monoisotopic (exact) mass is 364 g/mol. The lowest BCUT2D eigenvalue weighted by atomic mass is 9.97.